The number of methoxy groups -OCH3 is 1. The van der Waals surface area contributed by atoms with Gasteiger partial charge in [0, 0.05) is 43.3 Å². The molecule has 1 aromatic heterocycles. The molecule has 0 aliphatic rings. The van der Waals surface area contributed by atoms with Gasteiger partial charge in [-0.05, 0) is 26.0 Å². The van der Waals surface area contributed by atoms with Crippen molar-refractivity contribution < 1.29 is 9.47 Å². The molecule has 0 radical (unpaired) electrons. The molecule has 144 valence electrons. The maximum absolute atomic E-state index is 5.74. The third kappa shape index (κ3) is 7.88. The largest absolute Gasteiger partial charge is 0.493 e. The van der Waals surface area contributed by atoms with Gasteiger partial charge in [-0.25, -0.2) is 9.98 Å². The molecular weight excluding hydrogens is 463 g/mol. The highest BCUT2D eigenvalue weighted by molar-refractivity contribution is 14.0. The molecule has 1 aromatic carbocycles. The number of benzene rings is 1. The number of guanidine groups is 1. The average Bonchev–Trinajstić information content (AvgIpc) is 3.02. The van der Waals surface area contributed by atoms with E-state index in [0.717, 1.165) is 36.1 Å². The van der Waals surface area contributed by atoms with Crippen LogP contribution in [0, 0.1) is 6.92 Å². The minimum atomic E-state index is 0. The fourth-order valence-corrected chi connectivity index (χ4v) is 2.83. The fourth-order valence-electron chi connectivity index (χ4n) is 2.13. The molecule has 0 saturated carbocycles. The monoisotopic (exact) mass is 490 g/mol. The quantitative estimate of drug-likeness (QED) is 0.240. The van der Waals surface area contributed by atoms with E-state index < -0.39 is 0 Å². The summed E-state index contributed by atoms with van der Waals surface area (Å²) in [6, 6.07) is 7.87. The molecule has 26 heavy (non-hydrogen) atoms. The molecule has 0 saturated heterocycles. The lowest BCUT2D eigenvalue weighted by molar-refractivity contribution is 0.172. The van der Waals surface area contributed by atoms with Gasteiger partial charge in [0.15, 0.2) is 5.96 Å². The first-order valence-corrected chi connectivity index (χ1v) is 9.27. The smallest absolute Gasteiger partial charge is 0.196 e. The van der Waals surface area contributed by atoms with Gasteiger partial charge in [0.2, 0.25) is 0 Å². The first-order valence-electron chi connectivity index (χ1n) is 8.39. The molecule has 2 N–H and O–H groups in total. The van der Waals surface area contributed by atoms with E-state index in [4.69, 9.17) is 9.47 Å². The number of thiazole rings is 1. The summed E-state index contributed by atoms with van der Waals surface area (Å²) in [4.78, 5) is 10.1. The average molecular weight is 490 g/mol. The third-order valence-corrected chi connectivity index (χ3v) is 4.35. The highest BCUT2D eigenvalue weighted by Crippen LogP contribution is 2.18. The number of hydrogen-bond donors (Lipinski definition) is 2. The summed E-state index contributed by atoms with van der Waals surface area (Å²) in [6.07, 6.45) is 0.868. The van der Waals surface area contributed by atoms with Gasteiger partial charge in [-0.2, -0.15) is 0 Å². The number of aryl methyl sites for hydroxylation is 1. The summed E-state index contributed by atoms with van der Waals surface area (Å²) in [5, 5.41) is 6.58. The minimum absolute atomic E-state index is 0. The molecule has 0 aliphatic heterocycles. The lowest BCUT2D eigenvalue weighted by atomic mass is 10.3. The predicted molar refractivity (Wildman–Crippen MR) is 119 cm³/mol. The Morgan fingerprint density at radius 3 is 2.85 bits per heavy atom. The van der Waals surface area contributed by atoms with Gasteiger partial charge in [-0.3, -0.25) is 0 Å². The Morgan fingerprint density at radius 1 is 1.31 bits per heavy atom. The van der Waals surface area contributed by atoms with Crippen molar-refractivity contribution in [3.05, 3.63) is 40.3 Å². The van der Waals surface area contributed by atoms with Crippen molar-refractivity contribution in [3.63, 3.8) is 0 Å². The standard InChI is InChI=1S/C18H26N4O2S.HI/c1-4-19-18(20-12-17-14(2)21-13-25-17)22-15-7-5-8-16(11-15)24-10-6-9-23-3;/h5,7-8,11,13H,4,6,9-10,12H2,1-3H3,(H2,19,20,22);1H. The van der Waals surface area contributed by atoms with Gasteiger partial charge >= 0.3 is 0 Å². The predicted octanol–water partition coefficient (Wildman–Crippen LogP) is 4.06. The van der Waals surface area contributed by atoms with Crippen LogP contribution in [0.25, 0.3) is 0 Å². The summed E-state index contributed by atoms with van der Waals surface area (Å²) in [7, 11) is 1.69. The Kier molecular flexibility index (Phi) is 11.2. The number of anilines is 1. The zero-order valence-corrected chi connectivity index (χ0v) is 18.6. The molecule has 0 bridgehead atoms. The van der Waals surface area contributed by atoms with Crippen LogP contribution in [0.2, 0.25) is 0 Å². The van der Waals surface area contributed by atoms with Crippen LogP contribution in [0.1, 0.15) is 23.9 Å². The summed E-state index contributed by atoms with van der Waals surface area (Å²) in [5.74, 6) is 1.57. The van der Waals surface area contributed by atoms with E-state index >= 15 is 0 Å². The van der Waals surface area contributed by atoms with Crippen LogP contribution in [0.4, 0.5) is 5.69 Å². The Morgan fingerprint density at radius 2 is 2.15 bits per heavy atom. The van der Waals surface area contributed by atoms with Gasteiger partial charge in [0.1, 0.15) is 5.75 Å². The molecular formula is C18H27IN4O2S. The van der Waals surface area contributed by atoms with Crippen LogP contribution in [0.15, 0.2) is 34.8 Å². The van der Waals surface area contributed by atoms with Crippen LogP contribution in [-0.2, 0) is 11.3 Å². The van der Waals surface area contributed by atoms with E-state index in [2.05, 4.69) is 20.6 Å². The summed E-state index contributed by atoms with van der Waals surface area (Å²) in [6.45, 7) is 6.79. The summed E-state index contributed by atoms with van der Waals surface area (Å²) < 4.78 is 10.8. The highest BCUT2D eigenvalue weighted by atomic mass is 127. The number of nitrogens with zero attached hydrogens (tertiary/aromatic N) is 2. The van der Waals surface area contributed by atoms with Crippen molar-refractivity contribution in [1.82, 2.24) is 10.3 Å². The van der Waals surface area contributed by atoms with Crippen LogP contribution < -0.4 is 15.4 Å². The first-order chi connectivity index (χ1) is 12.2. The van der Waals surface area contributed by atoms with Crippen molar-refractivity contribution in [3.8, 4) is 5.75 Å². The zero-order chi connectivity index (χ0) is 17.9. The first kappa shape index (κ1) is 22.7. The number of aliphatic imine (C=N–C) groups is 1. The van der Waals surface area contributed by atoms with E-state index in [9.17, 15) is 0 Å². The second-order valence-electron chi connectivity index (χ2n) is 5.40. The van der Waals surface area contributed by atoms with Gasteiger partial charge in [0.05, 0.1) is 24.4 Å². The van der Waals surface area contributed by atoms with Crippen LogP contribution in [0.3, 0.4) is 0 Å². The highest BCUT2D eigenvalue weighted by Gasteiger charge is 2.04. The molecule has 2 rings (SSSR count). The van der Waals surface area contributed by atoms with E-state index in [1.165, 1.54) is 4.88 Å². The molecule has 1 heterocycles. The van der Waals surface area contributed by atoms with Gasteiger partial charge in [-0.15, -0.1) is 35.3 Å². The van der Waals surface area contributed by atoms with Crippen LogP contribution in [0.5, 0.6) is 5.75 Å². The molecule has 2 aromatic rings. The minimum Gasteiger partial charge on any atom is -0.493 e. The Bertz CT molecular complexity index is 679. The maximum atomic E-state index is 5.74. The topological polar surface area (TPSA) is 67.8 Å². The van der Waals surface area contributed by atoms with Crippen LogP contribution in [-0.4, -0.2) is 37.8 Å². The van der Waals surface area contributed by atoms with Crippen molar-refractivity contribution >= 4 is 47.0 Å². The van der Waals surface area contributed by atoms with Crippen LogP contribution >= 0.6 is 35.3 Å². The SMILES string of the molecule is CCNC(=NCc1scnc1C)Nc1cccc(OCCCOC)c1.I. The normalized spacial score (nSPS) is 11.0. The fraction of sp³-hybridized carbons (Fsp3) is 0.444. The summed E-state index contributed by atoms with van der Waals surface area (Å²) in [5.41, 5.74) is 3.83. The number of ether oxygens (including phenoxy) is 2. The van der Waals surface area contributed by atoms with Gasteiger partial charge in [-0.1, -0.05) is 6.07 Å². The number of rotatable bonds is 9. The number of hydrogen-bond acceptors (Lipinski definition) is 5. The second kappa shape index (κ2) is 12.9. The van der Waals surface area contributed by atoms with E-state index in [1.807, 2.05) is 43.6 Å². The molecule has 0 unspecified atom stereocenters. The zero-order valence-electron chi connectivity index (χ0n) is 15.4. The van der Waals surface area contributed by atoms with Gasteiger partial charge in [0.25, 0.3) is 0 Å². The van der Waals surface area contributed by atoms with Crippen molar-refractivity contribution in [2.45, 2.75) is 26.8 Å². The lowest BCUT2D eigenvalue weighted by Gasteiger charge is -2.13. The molecule has 6 nitrogen and oxygen atoms in total. The molecule has 0 aliphatic carbocycles. The number of halogens is 1. The second-order valence-corrected chi connectivity index (χ2v) is 6.34. The van der Waals surface area contributed by atoms with Gasteiger partial charge < -0.3 is 20.1 Å². The Hall–Kier alpha value is -1.39. The lowest BCUT2D eigenvalue weighted by Crippen LogP contribution is -2.30. The van der Waals surface area contributed by atoms with Crippen molar-refractivity contribution in [1.29, 1.82) is 0 Å². The molecule has 0 amide bonds. The third-order valence-electron chi connectivity index (χ3n) is 3.43. The maximum Gasteiger partial charge on any atom is 0.196 e. The van der Waals surface area contributed by atoms with E-state index in [0.29, 0.717) is 19.8 Å². The molecule has 0 spiro atoms. The molecule has 0 fully saturated rings. The molecule has 8 heteroatoms. The Balaban J connectivity index is 0.00000338. The van der Waals surface area contributed by atoms with Crippen molar-refractivity contribution in [2.75, 3.05) is 32.2 Å². The number of nitrogens with one attached hydrogen (secondary N) is 2. The summed E-state index contributed by atoms with van der Waals surface area (Å²) >= 11 is 1.63. The van der Waals surface area contributed by atoms with Crippen molar-refractivity contribution in [2.24, 2.45) is 4.99 Å². The van der Waals surface area contributed by atoms with E-state index in [-0.39, 0.29) is 24.0 Å². The molecule has 0 atom stereocenters. The Labute approximate surface area is 176 Å². The number of aromatic nitrogens is 1. The van der Waals surface area contributed by atoms with E-state index in [1.54, 1.807) is 18.4 Å².